The van der Waals surface area contributed by atoms with Crippen molar-refractivity contribution in [1.82, 2.24) is 0 Å². The number of hydrogen-bond acceptors (Lipinski definition) is 0. The Morgan fingerprint density at radius 3 is 2.38 bits per heavy atom. The van der Waals surface area contributed by atoms with Gasteiger partial charge in [-0.25, -0.2) is 4.39 Å². The van der Waals surface area contributed by atoms with Gasteiger partial charge in [-0.15, -0.1) is 11.6 Å². The maximum Gasteiger partial charge on any atom is 0.123 e. The first-order valence-corrected chi connectivity index (χ1v) is 5.10. The van der Waals surface area contributed by atoms with E-state index >= 15 is 0 Å². The highest BCUT2D eigenvalue weighted by atomic mass is 35.5. The minimum absolute atomic E-state index is 0.178. The Balaban J connectivity index is 2.58. The Morgan fingerprint density at radius 1 is 1.31 bits per heavy atom. The lowest BCUT2D eigenvalue weighted by atomic mass is 9.99. The lowest BCUT2D eigenvalue weighted by molar-refractivity contribution is 0.565. The third-order valence-electron chi connectivity index (χ3n) is 2.23. The summed E-state index contributed by atoms with van der Waals surface area (Å²) in [7, 11) is 0. The van der Waals surface area contributed by atoms with Crippen molar-refractivity contribution in [2.75, 3.05) is 5.88 Å². The molecular formula is C11H14ClF. The average Bonchev–Trinajstić information content (AvgIpc) is 2.17. The zero-order chi connectivity index (χ0) is 9.68. The van der Waals surface area contributed by atoms with Crippen molar-refractivity contribution < 1.29 is 4.39 Å². The molecule has 0 saturated carbocycles. The topological polar surface area (TPSA) is 0 Å². The molecule has 0 heterocycles. The molecule has 0 aliphatic carbocycles. The van der Waals surface area contributed by atoms with E-state index in [0.29, 0.717) is 11.8 Å². The van der Waals surface area contributed by atoms with Gasteiger partial charge in [0.15, 0.2) is 0 Å². The molecule has 0 N–H and O–H groups in total. The molecule has 0 fully saturated rings. The van der Waals surface area contributed by atoms with E-state index in [9.17, 15) is 4.39 Å². The van der Waals surface area contributed by atoms with Crippen LogP contribution in [0.4, 0.5) is 4.39 Å². The highest BCUT2D eigenvalue weighted by Crippen LogP contribution is 2.13. The summed E-state index contributed by atoms with van der Waals surface area (Å²) in [5.41, 5.74) is 1.16. The van der Waals surface area contributed by atoms with Crippen LogP contribution in [-0.4, -0.2) is 5.88 Å². The fourth-order valence-corrected chi connectivity index (χ4v) is 1.59. The van der Waals surface area contributed by atoms with Crippen molar-refractivity contribution in [3.63, 3.8) is 0 Å². The predicted octanol–water partition coefficient (Wildman–Crippen LogP) is 3.63. The zero-order valence-electron chi connectivity index (χ0n) is 7.76. The van der Waals surface area contributed by atoms with Gasteiger partial charge in [0.2, 0.25) is 0 Å². The summed E-state index contributed by atoms with van der Waals surface area (Å²) in [6.07, 6.45) is 2.02. The zero-order valence-corrected chi connectivity index (χ0v) is 8.52. The molecule has 0 amide bonds. The van der Waals surface area contributed by atoms with Crippen LogP contribution < -0.4 is 0 Å². The largest absolute Gasteiger partial charge is 0.207 e. The fraction of sp³-hybridized carbons (Fsp3) is 0.455. The fourth-order valence-electron chi connectivity index (χ4n) is 1.26. The average molecular weight is 201 g/mol. The van der Waals surface area contributed by atoms with Gasteiger partial charge in [-0.3, -0.25) is 0 Å². The molecule has 1 aromatic carbocycles. The minimum Gasteiger partial charge on any atom is -0.207 e. The maximum atomic E-state index is 12.6. The number of halogens is 2. The van der Waals surface area contributed by atoms with Crippen LogP contribution in [0.3, 0.4) is 0 Å². The van der Waals surface area contributed by atoms with Gasteiger partial charge in [-0.2, -0.15) is 0 Å². The highest BCUT2D eigenvalue weighted by molar-refractivity contribution is 6.18. The summed E-state index contributed by atoms with van der Waals surface area (Å²) in [4.78, 5) is 0. The molecule has 1 atom stereocenters. The van der Waals surface area contributed by atoms with E-state index in [1.165, 1.54) is 12.1 Å². The van der Waals surface area contributed by atoms with Gasteiger partial charge in [0.25, 0.3) is 0 Å². The molecule has 1 rings (SSSR count). The molecule has 0 nitrogen and oxygen atoms in total. The molecule has 0 aliphatic rings. The standard InChI is InChI=1S/C11H14ClF/c1-2-9(8-12)7-10-3-5-11(13)6-4-10/h3-6,9H,2,7-8H2,1H3. The number of rotatable bonds is 4. The van der Waals surface area contributed by atoms with Crippen molar-refractivity contribution in [2.45, 2.75) is 19.8 Å². The van der Waals surface area contributed by atoms with Crippen molar-refractivity contribution >= 4 is 11.6 Å². The second-order valence-electron chi connectivity index (χ2n) is 3.26. The van der Waals surface area contributed by atoms with Gasteiger partial charge >= 0.3 is 0 Å². The molecule has 72 valence electrons. The van der Waals surface area contributed by atoms with Gasteiger partial charge in [0.05, 0.1) is 0 Å². The molecule has 1 aromatic rings. The normalized spacial score (nSPS) is 12.8. The second-order valence-corrected chi connectivity index (χ2v) is 3.57. The van der Waals surface area contributed by atoms with E-state index in [2.05, 4.69) is 6.92 Å². The van der Waals surface area contributed by atoms with E-state index in [1.807, 2.05) is 12.1 Å². The van der Waals surface area contributed by atoms with Crippen molar-refractivity contribution in [1.29, 1.82) is 0 Å². The van der Waals surface area contributed by atoms with E-state index in [1.54, 1.807) is 0 Å². The summed E-state index contributed by atoms with van der Waals surface area (Å²) >= 11 is 5.77. The molecule has 0 saturated heterocycles. The first kappa shape index (κ1) is 10.5. The van der Waals surface area contributed by atoms with Crippen LogP contribution >= 0.6 is 11.6 Å². The third kappa shape index (κ3) is 3.35. The van der Waals surface area contributed by atoms with Gasteiger partial charge < -0.3 is 0 Å². The van der Waals surface area contributed by atoms with E-state index < -0.39 is 0 Å². The predicted molar refractivity (Wildman–Crippen MR) is 54.6 cm³/mol. The molecule has 0 aliphatic heterocycles. The Hall–Kier alpha value is -0.560. The maximum absolute atomic E-state index is 12.6. The van der Waals surface area contributed by atoms with Crippen LogP contribution in [0.25, 0.3) is 0 Å². The van der Waals surface area contributed by atoms with Crippen LogP contribution in [-0.2, 0) is 6.42 Å². The molecule has 0 radical (unpaired) electrons. The van der Waals surface area contributed by atoms with Crippen molar-refractivity contribution in [3.8, 4) is 0 Å². The Bertz CT molecular complexity index is 239. The van der Waals surface area contributed by atoms with E-state index in [4.69, 9.17) is 11.6 Å². The monoisotopic (exact) mass is 200 g/mol. The van der Waals surface area contributed by atoms with Gasteiger partial charge in [0.1, 0.15) is 5.82 Å². The third-order valence-corrected chi connectivity index (χ3v) is 2.67. The first-order chi connectivity index (χ1) is 6.26. The van der Waals surface area contributed by atoms with Gasteiger partial charge in [-0.05, 0) is 30.0 Å². The molecule has 0 aromatic heterocycles. The van der Waals surface area contributed by atoms with Gasteiger partial charge in [-0.1, -0.05) is 25.5 Å². The first-order valence-electron chi connectivity index (χ1n) is 4.56. The van der Waals surface area contributed by atoms with E-state index in [0.717, 1.165) is 18.4 Å². The number of alkyl halides is 1. The molecule has 0 spiro atoms. The van der Waals surface area contributed by atoms with Crippen LogP contribution in [0.2, 0.25) is 0 Å². The summed E-state index contributed by atoms with van der Waals surface area (Å²) in [6, 6.07) is 6.64. The second kappa shape index (κ2) is 5.23. The Morgan fingerprint density at radius 2 is 1.92 bits per heavy atom. The summed E-state index contributed by atoms with van der Waals surface area (Å²) in [5.74, 6) is 1.00. The van der Waals surface area contributed by atoms with E-state index in [-0.39, 0.29) is 5.82 Å². The Kier molecular flexibility index (Phi) is 4.23. The molecule has 13 heavy (non-hydrogen) atoms. The lowest BCUT2D eigenvalue weighted by Gasteiger charge is -2.10. The SMILES string of the molecule is CCC(CCl)Cc1ccc(F)cc1. The molecule has 1 unspecified atom stereocenters. The molecular weight excluding hydrogens is 187 g/mol. The van der Waals surface area contributed by atoms with Crippen LogP contribution in [0.15, 0.2) is 24.3 Å². The number of benzene rings is 1. The number of hydrogen-bond donors (Lipinski definition) is 0. The smallest absolute Gasteiger partial charge is 0.123 e. The van der Waals surface area contributed by atoms with Crippen LogP contribution in [0.5, 0.6) is 0 Å². The Labute approximate surface area is 83.7 Å². The molecule has 2 heteroatoms. The van der Waals surface area contributed by atoms with Crippen molar-refractivity contribution in [3.05, 3.63) is 35.6 Å². The summed E-state index contributed by atoms with van der Waals surface area (Å²) in [5, 5.41) is 0. The summed E-state index contributed by atoms with van der Waals surface area (Å²) in [6.45, 7) is 2.12. The highest BCUT2D eigenvalue weighted by Gasteiger charge is 2.05. The lowest BCUT2D eigenvalue weighted by Crippen LogP contribution is -2.04. The minimum atomic E-state index is -0.178. The van der Waals surface area contributed by atoms with Crippen LogP contribution in [0.1, 0.15) is 18.9 Å². The van der Waals surface area contributed by atoms with Gasteiger partial charge in [0, 0.05) is 5.88 Å². The summed E-state index contributed by atoms with van der Waals surface area (Å²) < 4.78 is 12.6. The molecule has 0 bridgehead atoms. The van der Waals surface area contributed by atoms with Crippen LogP contribution in [0, 0.1) is 11.7 Å². The quantitative estimate of drug-likeness (QED) is 0.652. The van der Waals surface area contributed by atoms with Crippen molar-refractivity contribution in [2.24, 2.45) is 5.92 Å².